The highest BCUT2D eigenvalue weighted by Crippen LogP contribution is 2.14. The van der Waals surface area contributed by atoms with Crippen LogP contribution >= 0.6 is 0 Å². The van der Waals surface area contributed by atoms with Crippen molar-refractivity contribution in [2.24, 2.45) is 0 Å². The van der Waals surface area contributed by atoms with E-state index in [1.165, 1.54) is 77.0 Å². The molecule has 0 aliphatic carbocycles. The standard InChI is InChI=1S/C52H84O6/c1-4-7-10-13-16-19-22-25-26-28-30-33-36-39-42-45-51(54)57-48-49(47-56-50(53)44-41-38-35-32-29-24-21-18-15-12-9-6-3)58-52(55)46-43-40-37-34-31-27-23-20-17-14-11-8-5-2/h8-9,11-12,14,17-18,20-21,23,27,29,31-32,34,37,49H,4-7,10,13,15-16,19,22,24-26,28,30,33,35-36,38-48H2,1-3H3/b11-8-,12-9-,17-14-,21-18-,23-20-,31-27-,32-29-,37-34-. The molecule has 0 amide bonds. The Bertz CT molecular complexity index is 1200. The number of rotatable bonds is 40. The molecule has 0 aromatic carbocycles. The normalized spacial score (nSPS) is 12.9. The number of carbonyl (C=O) groups is 3. The predicted molar refractivity (Wildman–Crippen MR) is 247 cm³/mol. The molecule has 0 fully saturated rings. The minimum absolute atomic E-state index is 0.118. The molecule has 0 heterocycles. The van der Waals surface area contributed by atoms with Crippen molar-refractivity contribution in [2.45, 2.75) is 200 Å². The molecule has 0 radical (unpaired) electrons. The molecule has 0 aromatic rings. The quantitative estimate of drug-likeness (QED) is 0.0202. The zero-order chi connectivity index (χ0) is 42.3. The molecule has 0 N–H and O–H groups in total. The summed E-state index contributed by atoms with van der Waals surface area (Å²) in [5.74, 6) is -1.04. The molecule has 0 aliphatic heterocycles. The van der Waals surface area contributed by atoms with E-state index in [0.717, 1.165) is 64.2 Å². The van der Waals surface area contributed by atoms with E-state index >= 15 is 0 Å². The first-order chi connectivity index (χ1) is 28.5. The van der Waals surface area contributed by atoms with Gasteiger partial charge in [-0.1, -0.05) is 208 Å². The molecule has 0 aliphatic rings. The van der Waals surface area contributed by atoms with Gasteiger partial charge >= 0.3 is 17.9 Å². The number of carbonyl (C=O) groups excluding carboxylic acids is 3. The number of hydrogen-bond acceptors (Lipinski definition) is 6. The Morgan fingerprint density at radius 2 is 0.776 bits per heavy atom. The average molecular weight is 805 g/mol. The molecule has 0 saturated carbocycles. The summed E-state index contributed by atoms with van der Waals surface area (Å²) in [6, 6.07) is 0. The lowest BCUT2D eigenvalue weighted by Gasteiger charge is -2.18. The molecule has 58 heavy (non-hydrogen) atoms. The van der Waals surface area contributed by atoms with Crippen molar-refractivity contribution in [3.8, 4) is 0 Å². The molecular formula is C52H84O6. The fourth-order valence-electron chi connectivity index (χ4n) is 6.01. The monoisotopic (exact) mass is 805 g/mol. The smallest absolute Gasteiger partial charge is 0.306 e. The van der Waals surface area contributed by atoms with Gasteiger partial charge in [-0.2, -0.15) is 0 Å². The van der Waals surface area contributed by atoms with Crippen molar-refractivity contribution in [1.29, 1.82) is 0 Å². The van der Waals surface area contributed by atoms with Crippen molar-refractivity contribution < 1.29 is 28.6 Å². The summed E-state index contributed by atoms with van der Waals surface area (Å²) in [5, 5.41) is 0. The molecule has 1 unspecified atom stereocenters. The van der Waals surface area contributed by atoms with Crippen molar-refractivity contribution in [1.82, 2.24) is 0 Å². The highest BCUT2D eigenvalue weighted by molar-refractivity contribution is 5.71. The van der Waals surface area contributed by atoms with E-state index in [-0.39, 0.29) is 31.6 Å². The molecule has 1 atom stereocenters. The predicted octanol–water partition coefficient (Wildman–Crippen LogP) is 15.0. The second kappa shape index (κ2) is 46.0. The first-order valence-electron chi connectivity index (χ1n) is 23.3. The van der Waals surface area contributed by atoms with E-state index in [1.807, 2.05) is 54.7 Å². The van der Waals surface area contributed by atoms with Crippen LogP contribution in [-0.2, 0) is 28.6 Å². The van der Waals surface area contributed by atoms with Gasteiger partial charge < -0.3 is 14.2 Å². The van der Waals surface area contributed by atoms with Gasteiger partial charge in [-0.3, -0.25) is 14.4 Å². The maximum Gasteiger partial charge on any atom is 0.306 e. The number of allylic oxidation sites excluding steroid dienone is 16. The summed E-state index contributed by atoms with van der Waals surface area (Å²) in [5.41, 5.74) is 0. The van der Waals surface area contributed by atoms with Gasteiger partial charge in [0.05, 0.1) is 0 Å². The van der Waals surface area contributed by atoms with Gasteiger partial charge in [0.15, 0.2) is 6.10 Å². The molecule has 0 aromatic heterocycles. The van der Waals surface area contributed by atoms with Crippen LogP contribution in [0, 0.1) is 0 Å². The topological polar surface area (TPSA) is 78.9 Å². The van der Waals surface area contributed by atoms with Gasteiger partial charge in [0.2, 0.25) is 0 Å². The zero-order valence-electron chi connectivity index (χ0n) is 37.3. The van der Waals surface area contributed by atoms with Crippen LogP contribution in [0.2, 0.25) is 0 Å². The van der Waals surface area contributed by atoms with Gasteiger partial charge in [0, 0.05) is 19.3 Å². The maximum absolute atomic E-state index is 12.7. The highest BCUT2D eigenvalue weighted by Gasteiger charge is 2.19. The Morgan fingerprint density at radius 1 is 0.379 bits per heavy atom. The summed E-state index contributed by atoms with van der Waals surface area (Å²) >= 11 is 0. The Morgan fingerprint density at radius 3 is 1.29 bits per heavy atom. The van der Waals surface area contributed by atoms with E-state index in [4.69, 9.17) is 14.2 Å². The number of esters is 3. The van der Waals surface area contributed by atoms with Crippen molar-refractivity contribution >= 4 is 17.9 Å². The van der Waals surface area contributed by atoms with Crippen LogP contribution in [0.25, 0.3) is 0 Å². The molecule has 0 bridgehead atoms. The minimum atomic E-state index is -0.827. The third-order valence-corrected chi connectivity index (χ3v) is 9.46. The van der Waals surface area contributed by atoms with E-state index in [2.05, 4.69) is 63.3 Å². The van der Waals surface area contributed by atoms with Gasteiger partial charge in [0.25, 0.3) is 0 Å². The molecule has 6 nitrogen and oxygen atoms in total. The molecule has 0 saturated heterocycles. The van der Waals surface area contributed by atoms with Crippen LogP contribution in [0.15, 0.2) is 97.2 Å². The van der Waals surface area contributed by atoms with Crippen molar-refractivity contribution in [3.05, 3.63) is 97.2 Å². The van der Waals surface area contributed by atoms with E-state index in [0.29, 0.717) is 25.7 Å². The van der Waals surface area contributed by atoms with Crippen LogP contribution < -0.4 is 0 Å². The lowest BCUT2D eigenvalue weighted by molar-refractivity contribution is -0.167. The Kier molecular flexibility index (Phi) is 43.1. The van der Waals surface area contributed by atoms with Crippen LogP contribution in [0.4, 0.5) is 0 Å². The Labute approximate surface area is 356 Å². The number of unbranched alkanes of at least 4 members (excludes halogenated alkanes) is 17. The summed E-state index contributed by atoms with van der Waals surface area (Å²) in [7, 11) is 0. The Hall–Kier alpha value is -3.67. The summed E-state index contributed by atoms with van der Waals surface area (Å²) in [4.78, 5) is 37.7. The molecule has 6 heteroatoms. The second-order valence-electron chi connectivity index (χ2n) is 15.0. The van der Waals surface area contributed by atoms with Crippen molar-refractivity contribution in [2.75, 3.05) is 13.2 Å². The second-order valence-corrected chi connectivity index (χ2v) is 15.0. The van der Waals surface area contributed by atoms with Crippen molar-refractivity contribution in [3.63, 3.8) is 0 Å². The van der Waals surface area contributed by atoms with Crippen LogP contribution in [0.3, 0.4) is 0 Å². The molecule has 328 valence electrons. The first kappa shape index (κ1) is 54.3. The summed E-state index contributed by atoms with van der Waals surface area (Å²) < 4.78 is 16.6. The first-order valence-corrected chi connectivity index (χ1v) is 23.3. The fourth-order valence-corrected chi connectivity index (χ4v) is 6.01. The summed E-state index contributed by atoms with van der Waals surface area (Å²) in [6.07, 6.45) is 59.8. The van der Waals surface area contributed by atoms with Crippen LogP contribution in [-0.4, -0.2) is 37.2 Å². The SMILES string of the molecule is CC\C=C/C=C\C=C/C=C\C=C/CCCC(=O)OC(COC(=O)CCCC/C=C\C/C=C\C/C=C\CC)COC(=O)CCCCCCCCCCCCCCCCC. The highest BCUT2D eigenvalue weighted by atomic mass is 16.6. The van der Waals surface area contributed by atoms with Gasteiger partial charge in [0.1, 0.15) is 13.2 Å². The average Bonchev–Trinajstić information content (AvgIpc) is 3.22. The maximum atomic E-state index is 12.7. The lowest BCUT2D eigenvalue weighted by atomic mass is 10.0. The van der Waals surface area contributed by atoms with Crippen LogP contribution in [0.5, 0.6) is 0 Å². The fraction of sp³-hybridized carbons (Fsp3) is 0.635. The van der Waals surface area contributed by atoms with Gasteiger partial charge in [-0.25, -0.2) is 0 Å². The third kappa shape index (κ3) is 43.5. The number of ether oxygens (including phenoxy) is 3. The zero-order valence-corrected chi connectivity index (χ0v) is 37.3. The summed E-state index contributed by atoms with van der Waals surface area (Å²) in [6.45, 7) is 6.26. The molecular weight excluding hydrogens is 721 g/mol. The van der Waals surface area contributed by atoms with Gasteiger partial charge in [-0.15, -0.1) is 0 Å². The van der Waals surface area contributed by atoms with E-state index in [9.17, 15) is 14.4 Å². The van der Waals surface area contributed by atoms with E-state index < -0.39 is 12.1 Å². The van der Waals surface area contributed by atoms with Gasteiger partial charge in [-0.05, 0) is 64.2 Å². The largest absolute Gasteiger partial charge is 0.462 e. The Balaban J connectivity index is 4.53. The lowest BCUT2D eigenvalue weighted by Crippen LogP contribution is -2.30. The number of hydrogen-bond donors (Lipinski definition) is 0. The molecule has 0 spiro atoms. The molecule has 0 rings (SSSR count). The minimum Gasteiger partial charge on any atom is -0.462 e. The van der Waals surface area contributed by atoms with E-state index in [1.54, 1.807) is 0 Å². The van der Waals surface area contributed by atoms with Crippen LogP contribution in [0.1, 0.15) is 194 Å². The third-order valence-electron chi connectivity index (χ3n) is 9.46.